The Kier molecular flexibility index (Phi) is 5.97. The Labute approximate surface area is 190 Å². The number of pyridine rings is 1. The molecule has 0 aliphatic rings. The minimum absolute atomic E-state index is 0.422. The maximum Gasteiger partial charge on any atom is 0.333 e. The van der Waals surface area contributed by atoms with Crippen molar-refractivity contribution in [3.8, 4) is 11.3 Å². The fourth-order valence-corrected chi connectivity index (χ4v) is 4.48. The number of aromatic nitrogens is 1. The highest BCUT2D eigenvalue weighted by Gasteiger charge is 2.38. The molecule has 1 aromatic heterocycles. The Hall–Kier alpha value is -3.64. The Morgan fingerprint density at radius 3 is 2.12 bits per heavy atom. The lowest BCUT2D eigenvalue weighted by molar-refractivity contribution is -0.144. The summed E-state index contributed by atoms with van der Waals surface area (Å²) in [4.78, 5) is 31.5. The van der Waals surface area contributed by atoms with Crippen LogP contribution in [0.5, 0.6) is 0 Å². The minimum Gasteiger partial charge on any atom is -0.479 e. The van der Waals surface area contributed by atoms with Gasteiger partial charge in [-0.1, -0.05) is 78.9 Å². The first kappa shape index (κ1) is 21.6. The maximum absolute atomic E-state index is 13.7. The molecule has 2 N–H and O–H groups in total. The van der Waals surface area contributed by atoms with Crippen LogP contribution >= 0.6 is 11.8 Å². The van der Waals surface area contributed by atoms with Crippen LogP contribution in [0.25, 0.3) is 22.2 Å². The van der Waals surface area contributed by atoms with E-state index in [1.165, 1.54) is 18.7 Å². The number of fused-ring (bicyclic) bond motifs is 1. The van der Waals surface area contributed by atoms with Crippen LogP contribution < -0.4 is 5.32 Å². The van der Waals surface area contributed by atoms with E-state index in [1.54, 1.807) is 24.3 Å². The summed E-state index contributed by atoms with van der Waals surface area (Å²) in [6.07, 6.45) is 1.89. The first-order valence-corrected chi connectivity index (χ1v) is 11.3. The van der Waals surface area contributed by atoms with Gasteiger partial charge in [0.05, 0.1) is 16.8 Å². The molecule has 1 heterocycles. The van der Waals surface area contributed by atoms with Crippen molar-refractivity contribution >= 4 is 34.5 Å². The van der Waals surface area contributed by atoms with E-state index in [0.29, 0.717) is 32.6 Å². The minimum atomic E-state index is -1.59. The zero-order valence-corrected chi connectivity index (χ0v) is 18.5. The molecule has 0 bridgehead atoms. The summed E-state index contributed by atoms with van der Waals surface area (Å²) in [6, 6.07) is 25.8. The number of para-hydroxylation sites is 1. The average molecular weight is 443 g/mol. The van der Waals surface area contributed by atoms with Crippen LogP contribution in [-0.2, 0) is 10.3 Å². The Bertz CT molecular complexity index is 1290. The third kappa shape index (κ3) is 3.85. The molecule has 4 aromatic rings. The van der Waals surface area contributed by atoms with Crippen LogP contribution in [0.15, 0.2) is 89.8 Å². The highest BCUT2D eigenvalue weighted by atomic mass is 32.2. The van der Waals surface area contributed by atoms with Gasteiger partial charge in [-0.3, -0.25) is 4.79 Å². The third-order valence-corrected chi connectivity index (χ3v) is 6.27. The van der Waals surface area contributed by atoms with Crippen LogP contribution in [0.3, 0.4) is 0 Å². The summed E-state index contributed by atoms with van der Waals surface area (Å²) < 4.78 is 0. The van der Waals surface area contributed by atoms with Crippen molar-refractivity contribution in [1.82, 2.24) is 10.3 Å². The average Bonchev–Trinajstić information content (AvgIpc) is 2.83. The third-order valence-electron chi connectivity index (χ3n) is 5.47. The van der Waals surface area contributed by atoms with Crippen molar-refractivity contribution in [2.45, 2.75) is 17.4 Å². The van der Waals surface area contributed by atoms with Gasteiger partial charge in [-0.2, -0.15) is 0 Å². The normalized spacial score (nSPS) is 12.8. The molecule has 0 fully saturated rings. The zero-order chi connectivity index (χ0) is 22.7. The molecule has 4 rings (SSSR count). The summed E-state index contributed by atoms with van der Waals surface area (Å²) in [5.74, 6) is -1.59. The lowest BCUT2D eigenvalue weighted by Gasteiger charge is -2.28. The molecule has 1 unspecified atom stereocenters. The van der Waals surface area contributed by atoms with Gasteiger partial charge >= 0.3 is 5.97 Å². The predicted molar refractivity (Wildman–Crippen MR) is 128 cm³/mol. The second kappa shape index (κ2) is 8.85. The molecule has 1 amide bonds. The maximum atomic E-state index is 13.7. The Balaban J connectivity index is 1.91. The molecule has 5 nitrogen and oxygen atoms in total. The molecular formula is C26H22N2O3S. The van der Waals surface area contributed by atoms with E-state index in [1.807, 2.05) is 66.9 Å². The molecule has 0 saturated carbocycles. The fourth-order valence-electron chi connectivity index (χ4n) is 3.72. The van der Waals surface area contributed by atoms with Crippen molar-refractivity contribution in [2.75, 3.05) is 6.26 Å². The summed E-state index contributed by atoms with van der Waals surface area (Å²) in [5.41, 5.74) is 1.58. The van der Waals surface area contributed by atoms with Crippen molar-refractivity contribution in [1.29, 1.82) is 0 Å². The molecule has 32 heavy (non-hydrogen) atoms. The molecule has 0 radical (unpaired) electrons. The molecule has 0 spiro atoms. The molecule has 160 valence electrons. The highest BCUT2D eigenvalue weighted by molar-refractivity contribution is 7.98. The van der Waals surface area contributed by atoms with E-state index in [-0.39, 0.29) is 0 Å². The van der Waals surface area contributed by atoms with Crippen LogP contribution in [0.1, 0.15) is 22.8 Å². The van der Waals surface area contributed by atoms with E-state index >= 15 is 0 Å². The Morgan fingerprint density at radius 1 is 0.906 bits per heavy atom. The molecule has 6 heteroatoms. The number of amides is 1. The summed E-state index contributed by atoms with van der Waals surface area (Å²) in [5, 5.41) is 13.5. The van der Waals surface area contributed by atoms with E-state index in [4.69, 9.17) is 4.98 Å². The Morgan fingerprint density at radius 2 is 1.50 bits per heavy atom. The summed E-state index contributed by atoms with van der Waals surface area (Å²) in [6.45, 7) is 1.50. The number of carbonyl (C=O) groups excluding carboxylic acids is 1. The lowest BCUT2D eigenvalue weighted by atomic mass is 9.91. The lowest BCUT2D eigenvalue weighted by Crippen LogP contribution is -2.49. The zero-order valence-electron chi connectivity index (χ0n) is 17.7. The molecule has 0 saturated heterocycles. The van der Waals surface area contributed by atoms with Crippen LogP contribution in [0.2, 0.25) is 0 Å². The largest absolute Gasteiger partial charge is 0.479 e. The summed E-state index contributed by atoms with van der Waals surface area (Å²) >= 11 is 1.42. The first-order chi connectivity index (χ1) is 15.5. The van der Waals surface area contributed by atoms with Gasteiger partial charge in [0.1, 0.15) is 0 Å². The van der Waals surface area contributed by atoms with Crippen molar-refractivity contribution < 1.29 is 14.7 Å². The van der Waals surface area contributed by atoms with Crippen LogP contribution in [0, 0.1) is 0 Å². The SMILES string of the molecule is CSc1c(-c2ccccc2)nc2ccccc2c1C(=O)NC(C)(C(=O)O)c1ccccc1. The van der Waals surface area contributed by atoms with Crippen molar-refractivity contribution in [2.24, 2.45) is 0 Å². The second-order valence-electron chi connectivity index (χ2n) is 7.50. The number of thioether (sulfide) groups is 1. The number of benzene rings is 3. The number of nitrogens with one attached hydrogen (secondary N) is 1. The topological polar surface area (TPSA) is 79.3 Å². The number of hydrogen-bond acceptors (Lipinski definition) is 4. The number of nitrogens with zero attached hydrogens (tertiary/aromatic N) is 1. The van der Waals surface area contributed by atoms with Gasteiger partial charge in [0, 0.05) is 15.8 Å². The fraction of sp³-hybridized carbons (Fsp3) is 0.115. The predicted octanol–water partition coefficient (Wildman–Crippen LogP) is 5.35. The monoisotopic (exact) mass is 442 g/mol. The van der Waals surface area contributed by atoms with Gasteiger partial charge in [-0.25, -0.2) is 9.78 Å². The molecule has 0 aliphatic heterocycles. The molecule has 1 atom stereocenters. The van der Waals surface area contributed by atoms with Crippen molar-refractivity contribution in [3.05, 3.63) is 96.1 Å². The quantitative estimate of drug-likeness (QED) is 0.393. The van der Waals surface area contributed by atoms with E-state index in [0.717, 1.165) is 5.56 Å². The number of carboxylic acid groups (broad SMARTS) is 1. The van der Waals surface area contributed by atoms with Gasteiger partial charge in [-0.15, -0.1) is 11.8 Å². The number of hydrogen-bond donors (Lipinski definition) is 2. The number of rotatable bonds is 6. The van der Waals surface area contributed by atoms with E-state index in [2.05, 4.69) is 5.32 Å². The standard InChI is InChI=1S/C26H22N2O3S/c1-26(25(30)31,18-13-7-4-8-14-18)28-24(29)21-19-15-9-10-16-20(19)27-22(23(21)32-2)17-11-5-3-6-12-17/h3-16H,1-2H3,(H,28,29)(H,30,31). The highest BCUT2D eigenvalue weighted by Crippen LogP contribution is 2.36. The number of carboxylic acids is 1. The molecular weight excluding hydrogens is 420 g/mol. The van der Waals surface area contributed by atoms with Gasteiger partial charge in [-0.05, 0) is 24.8 Å². The van der Waals surface area contributed by atoms with Crippen LogP contribution in [0.4, 0.5) is 0 Å². The molecule has 0 aliphatic carbocycles. The number of carbonyl (C=O) groups is 2. The summed E-state index contributed by atoms with van der Waals surface area (Å²) in [7, 11) is 0. The van der Waals surface area contributed by atoms with Gasteiger partial charge < -0.3 is 10.4 Å². The van der Waals surface area contributed by atoms with Gasteiger partial charge in [0.2, 0.25) is 0 Å². The van der Waals surface area contributed by atoms with Gasteiger partial charge in [0.25, 0.3) is 5.91 Å². The number of aliphatic carboxylic acids is 1. The van der Waals surface area contributed by atoms with Crippen LogP contribution in [-0.4, -0.2) is 28.2 Å². The van der Waals surface area contributed by atoms with E-state index in [9.17, 15) is 14.7 Å². The van der Waals surface area contributed by atoms with E-state index < -0.39 is 17.4 Å². The molecule has 3 aromatic carbocycles. The second-order valence-corrected chi connectivity index (χ2v) is 8.32. The van der Waals surface area contributed by atoms with Crippen molar-refractivity contribution in [3.63, 3.8) is 0 Å². The smallest absolute Gasteiger partial charge is 0.333 e. The van der Waals surface area contributed by atoms with Gasteiger partial charge in [0.15, 0.2) is 5.54 Å². The first-order valence-electron chi connectivity index (χ1n) is 10.1.